The highest BCUT2D eigenvalue weighted by Crippen LogP contribution is 2.11. The number of carbonyl (C=O) groups is 1. The molecular formula is C14H20F2N2O. The third-order valence-corrected chi connectivity index (χ3v) is 2.91. The van der Waals surface area contributed by atoms with Crippen LogP contribution in [0.25, 0.3) is 0 Å². The highest BCUT2D eigenvalue weighted by Gasteiger charge is 2.08. The van der Waals surface area contributed by atoms with E-state index in [0.29, 0.717) is 13.0 Å². The maximum absolute atomic E-state index is 13.3. The summed E-state index contributed by atoms with van der Waals surface area (Å²) in [5.74, 6) is -1.20. The van der Waals surface area contributed by atoms with E-state index in [2.05, 4.69) is 10.6 Å². The first-order chi connectivity index (χ1) is 9.04. The van der Waals surface area contributed by atoms with Crippen LogP contribution in [-0.4, -0.2) is 18.5 Å². The van der Waals surface area contributed by atoms with Gasteiger partial charge < -0.3 is 10.6 Å². The van der Waals surface area contributed by atoms with Crippen LogP contribution in [0.1, 0.15) is 32.3 Å². The second kappa shape index (κ2) is 7.84. The first kappa shape index (κ1) is 15.6. The Morgan fingerprint density at radius 2 is 1.95 bits per heavy atom. The smallest absolute Gasteiger partial charge is 0.221 e. The molecule has 1 atom stereocenters. The lowest BCUT2D eigenvalue weighted by molar-refractivity contribution is -0.121. The van der Waals surface area contributed by atoms with E-state index in [1.165, 1.54) is 18.2 Å². The molecule has 0 radical (unpaired) electrons. The minimum Gasteiger partial charge on any atom is -0.354 e. The van der Waals surface area contributed by atoms with Crippen molar-refractivity contribution in [3.05, 3.63) is 35.4 Å². The normalized spacial score (nSPS) is 12.2. The van der Waals surface area contributed by atoms with Crippen LogP contribution in [0.2, 0.25) is 0 Å². The molecule has 0 saturated carbocycles. The average molecular weight is 270 g/mol. The van der Waals surface area contributed by atoms with Gasteiger partial charge in [-0.1, -0.05) is 13.0 Å². The highest BCUT2D eigenvalue weighted by molar-refractivity contribution is 5.76. The van der Waals surface area contributed by atoms with Gasteiger partial charge in [-0.15, -0.1) is 0 Å². The predicted molar refractivity (Wildman–Crippen MR) is 70.6 cm³/mol. The Bertz CT molecular complexity index is 404. The van der Waals surface area contributed by atoms with Crippen molar-refractivity contribution >= 4 is 5.91 Å². The van der Waals surface area contributed by atoms with Gasteiger partial charge >= 0.3 is 0 Å². The van der Waals surface area contributed by atoms with Gasteiger partial charge in [-0.2, -0.15) is 0 Å². The van der Waals surface area contributed by atoms with Gasteiger partial charge in [-0.05, 0) is 25.5 Å². The van der Waals surface area contributed by atoms with E-state index in [1.54, 1.807) is 0 Å². The molecule has 19 heavy (non-hydrogen) atoms. The summed E-state index contributed by atoms with van der Waals surface area (Å²) in [6.07, 6.45) is 1.17. The van der Waals surface area contributed by atoms with E-state index >= 15 is 0 Å². The van der Waals surface area contributed by atoms with Crippen molar-refractivity contribution in [2.75, 3.05) is 6.54 Å². The Morgan fingerprint density at radius 3 is 2.53 bits per heavy atom. The van der Waals surface area contributed by atoms with Gasteiger partial charge in [-0.3, -0.25) is 4.79 Å². The fraction of sp³-hybridized carbons (Fsp3) is 0.500. The van der Waals surface area contributed by atoms with Crippen molar-refractivity contribution in [1.29, 1.82) is 0 Å². The zero-order chi connectivity index (χ0) is 14.3. The molecule has 1 aromatic rings. The summed E-state index contributed by atoms with van der Waals surface area (Å²) in [6.45, 7) is 4.38. The summed E-state index contributed by atoms with van der Waals surface area (Å²) in [6, 6.07) is 3.91. The predicted octanol–water partition coefficient (Wildman–Crippen LogP) is 2.36. The number of nitrogens with one attached hydrogen (secondary N) is 2. The van der Waals surface area contributed by atoms with Crippen molar-refractivity contribution in [1.82, 2.24) is 10.6 Å². The van der Waals surface area contributed by atoms with E-state index in [-0.39, 0.29) is 24.1 Å². The minimum absolute atomic E-state index is 0.00448. The summed E-state index contributed by atoms with van der Waals surface area (Å²) < 4.78 is 26.6. The fourth-order valence-corrected chi connectivity index (χ4v) is 1.57. The molecule has 0 heterocycles. The van der Waals surface area contributed by atoms with Gasteiger partial charge in [0.25, 0.3) is 0 Å². The van der Waals surface area contributed by atoms with Gasteiger partial charge in [0.15, 0.2) is 0 Å². The van der Waals surface area contributed by atoms with Gasteiger partial charge in [0, 0.05) is 31.1 Å². The largest absolute Gasteiger partial charge is 0.354 e. The van der Waals surface area contributed by atoms with Crippen molar-refractivity contribution < 1.29 is 13.6 Å². The van der Waals surface area contributed by atoms with Gasteiger partial charge in [0.2, 0.25) is 5.91 Å². The third-order valence-electron chi connectivity index (χ3n) is 2.91. The number of hydrogen-bond acceptors (Lipinski definition) is 2. The Labute approximate surface area is 112 Å². The first-order valence-corrected chi connectivity index (χ1v) is 6.47. The third kappa shape index (κ3) is 5.34. The van der Waals surface area contributed by atoms with Crippen LogP contribution < -0.4 is 10.6 Å². The molecule has 1 amide bonds. The second-order valence-electron chi connectivity index (χ2n) is 4.50. The van der Waals surface area contributed by atoms with Crippen molar-refractivity contribution in [3.63, 3.8) is 0 Å². The topological polar surface area (TPSA) is 41.1 Å². The van der Waals surface area contributed by atoms with Crippen LogP contribution in [0.15, 0.2) is 18.2 Å². The lowest BCUT2D eigenvalue weighted by atomic mass is 10.2. The van der Waals surface area contributed by atoms with Crippen molar-refractivity contribution in [2.45, 2.75) is 39.3 Å². The Balaban J connectivity index is 2.29. The van der Waals surface area contributed by atoms with E-state index < -0.39 is 11.6 Å². The molecule has 0 spiro atoms. The summed E-state index contributed by atoms with van der Waals surface area (Å²) in [7, 11) is 0. The second-order valence-corrected chi connectivity index (χ2v) is 4.50. The lowest BCUT2D eigenvalue weighted by Crippen LogP contribution is -2.34. The SMILES string of the molecule is CCC(C)NC(=O)CCNCc1c(F)cccc1F. The highest BCUT2D eigenvalue weighted by atomic mass is 19.1. The standard InChI is InChI=1S/C14H20F2N2O/c1-3-10(2)18-14(19)7-8-17-9-11-12(15)5-4-6-13(11)16/h4-6,10,17H,3,7-9H2,1-2H3,(H,18,19). The van der Waals surface area contributed by atoms with Gasteiger partial charge in [0.1, 0.15) is 11.6 Å². The molecule has 0 aliphatic rings. The number of amides is 1. The zero-order valence-electron chi connectivity index (χ0n) is 11.3. The van der Waals surface area contributed by atoms with Crippen LogP contribution in [0.4, 0.5) is 8.78 Å². The summed E-state index contributed by atoms with van der Waals surface area (Å²) in [5.41, 5.74) is 0.00448. The minimum atomic E-state index is -0.573. The molecule has 5 heteroatoms. The van der Waals surface area contributed by atoms with Crippen LogP contribution in [-0.2, 0) is 11.3 Å². The van der Waals surface area contributed by atoms with E-state index in [1.807, 2.05) is 13.8 Å². The van der Waals surface area contributed by atoms with Gasteiger partial charge in [0.05, 0.1) is 0 Å². The summed E-state index contributed by atoms with van der Waals surface area (Å²) >= 11 is 0. The molecule has 0 aliphatic heterocycles. The zero-order valence-corrected chi connectivity index (χ0v) is 11.3. The van der Waals surface area contributed by atoms with Crippen LogP contribution in [0.3, 0.4) is 0 Å². The summed E-state index contributed by atoms with van der Waals surface area (Å²) in [5, 5.41) is 5.69. The van der Waals surface area contributed by atoms with Crippen LogP contribution >= 0.6 is 0 Å². The lowest BCUT2D eigenvalue weighted by Gasteiger charge is -2.11. The fourth-order valence-electron chi connectivity index (χ4n) is 1.57. The Morgan fingerprint density at radius 1 is 1.32 bits per heavy atom. The first-order valence-electron chi connectivity index (χ1n) is 6.47. The van der Waals surface area contributed by atoms with E-state index in [9.17, 15) is 13.6 Å². The molecule has 0 aliphatic carbocycles. The maximum atomic E-state index is 13.3. The van der Waals surface area contributed by atoms with E-state index in [4.69, 9.17) is 0 Å². The Hall–Kier alpha value is -1.49. The molecule has 0 bridgehead atoms. The number of benzene rings is 1. The van der Waals surface area contributed by atoms with Gasteiger partial charge in [-0.25, -0.2) is 8.78 Å². The number of hydrogen-bond donors (Lipinski definition) is 2. The van der Waals surface area contributed by atoms with Crippen LogP contribution in [0.5, 0.6) is 0 Å². The number of halogens is 2. The molecule has 106 valence electrons. The molecule has 1 aromatic carbocycles. The monoisotopic (exact) mass is 270 g/mol. The molecule has 1 rings (SSSR count). The molecule has 1 unspecified atom stereocenters. The summed E-state index contributed by atoms with van der Waals surface area (Å²) in [4.78, 5) is 11.5. The van der Waals surface area contributed by atoms with E-state index in [0.717, 1.165) is 6.42 Å². The molecule has 0 saturated heterocycles. The molecule has 0 fully saturated rings. The molecular weight excluding hydrogens is 250 g/mol. The quantitative estimate of drug-likeness (QED) is 0.747. The van der Waals surface area contributed by atoms with Crippen molar-refractivity contribution in [3.8, 4) is 0 Å². The van der Waals surface area contributed by atoms with Crippen LogP contribution in [0, 0.1) is 11.6 Å². The Kier molecular flexibility index (Phi) is 6.42. The molecule has 0 aromatic heterocycles. The molecule has 2 N–H and O–H groups in total. The molecule has 3 nitrogen and oxygen atoms in total. The number of carbonyl (C=O) groups excluding carboxylic acids is 1. The number of rotatable bonds is 7. The van der Waals surface area contributed by atoms with Crippen molar-refractivity contribution in [2.24, 2.45) is 0 Å². The maximum Gasteiger partial charge on any atom is 0.221 e. The average Bonchev–Trinajstić information content (AvgIpc) is 2.37.